The number of nitrogens with one attached hydrogen (secondary N) is 1. The molecule has 0 aromatic heterocycles. The highest BCUT2D eigenvalue weighted by Gasteiger charge is 2.09. The van der Waals surface area contributed by atoms with Crippen LogP contribution in [0.1, 0.15) is 25.3 Å². The van der Waals surface area contributed by atoms with Crippen molar-refractivity contribution in [1.29, 1.82) is 0 Å². The molecule has 0 aliphatic rings. The lowest BCUT2D eigenvalue weighted by Crippen LogP contribution is -2.23. The van der Waals surface area contributed by atoms with Crippen molar-refractivity contribution in [3.63, 3.8) is 0 Å². The van der Waals surface area contributed by atoms with Gasteiger partial charge in [-0.05, 0) is 35.7 Å². The van der Waals surface area contributed by atoms with Crippen LogP contribution in [-0.2, 0) is 6.54 Å². The lowest BCUT2D eigenvalue weighted by molar-refractivity contribution is 0.251. The predicted octanol–water partition coefficient (Wildman–Crippen LogP) is 3.35. The van der Waals surface area contributed by atoms with Gasteiger partial charge in [0.05, 0.1) is 7.11 Å². The van der Waals surface area contributed by atoms with Gasteiger partial charge in [0.2, 0.25) is 0 Å². The normalized spacial score (nSPS) is 12.5. The molecule has 21 heavy (non-hydrogen) atoms. The lowest BCUT2D eigenvalue weighted by atomic mass is 10.0. The van der Waals surface area contributed by atoms with Crippen LogP contribution in [0.15, 0.2) is 36.4 Å². The van der Waals surface area contributed by atoms with Gasteiger partial charge in [0, 0.05) is 18.7 Å². The third-order valence-electron chi connectivity index (χ3n) is 4.07. The average molecular weight is 287 g/mol. The van der Waals surface area contributed by atoms with Crippen molar-refractivity contribution in [1.82, 2.24) is 5.32 Å². The molecule has 0 radical (unpaired) electrons. The molecule has 0 heterocycles. The van der Waals surface area contributed by atoms with Gasteiger partial charge in [-0.3, -0.25) is 0 Å². The number of hydrogen-bond donors (Lipinski definition) is 2. The summed E-state index contributed by atoms with van der Waals surface area (Å²) >= 11 is 0. The standard InChI is InChI=1S/C18H25NO2/c1-3-14(10-11-20)12-19-13-17-16-7-5-4-6-15(16)8-9-18(17)21-2/h4-9,14,19-20H,3,10-13H2,1-2H3. The second-order valence-electron chi connectivity index (χ2n) is 5.38. The van der Waals surface area contributed by atoms with Gasteiger partial charge in [-0.1, -0.05) is 43.7 Å². The van der Waals surface area contributed by atoms with Crippen molar-refractivity contribution in [3.05, 3.63) is 42.0 Å². The molecule has 3 nitrogen and oxygen atoms in total. The van der Waals surface area contributed by atoms with Crippen LogP contribution in [0.25, 0.3) is 10.8 Å². The Bertz CT molecular complexity index is 568. The molecule has 2 rings (SSSR count). The molecule has 2 aromatic carbocycles. The summed E-state index contributed by atoms with van der Waals surface area (Å²) in [5.74, 6) is 1.45. The van der Waals surface area contributed by atoms with Gasteiger partial charge in [0.1, 0.15) is 5.75 Å². The summed E-state index contributed by atoms with van der Waals surface area (Å²) in [7, 11) is 1.72. The second kappa shape index (κ2) is 8.01. The first kappa shape index (κ1) is 15.8. The average Bonchev–Trinajstić information content (AvgIpc) is 2.54. The van der Waals surface area contributed by atoms with E-state index in [0.717, 1.165) is 31.7 Å². The monoisotopic (exact) mass is 287 g/mol. The largest absolute Gasteiger partial charge is 0.496 e. The molecular formula is C18H25NO2. The molecule has 0 saturated carbocycles. The highest BCUT2D eigenvalue weighted by molar-refractivity contribution is 5.87. The Kier molecular flexibility index (Phi) is 6.03. The molecular weight excluding hydrogens is 262 g/mol. The van der Waals surface area contributed by atoms with Crippen molar-refractivity contribution in [2.24, 2.45) is 5.92 Å². The van der Waals surface area contributed by atoms with Crippen LogP contribution in [-0.4, -0.2) is 25.4 Å². The Labute approximate surface area is 126 Å². The van der Waals surface area contributed by atoms with Gasteiger partial charge in [-0.15, -0.1) is 0 Å². The topological polar surface area (TPSA) is 41.5 Å². The zero-order valence-corrected chi connectivity index (χ0v) is 12.9. The summed E-state index contributed by atoms with van der Waals surface area (Å²) in [6.07, 6.45) is 1.94. The van der Waals surface area contributed by atoms with E-state index in [0.29, 0.717) is 5.92 Å². The SMILES string of the molecule is CCC(CCO)CNCc1c(OC)ccc2ccccc12. The molecule has 1 unspecified atom stereocenters. The molecule has 114 valence electrons. The predicted molar refractivity (Wildman–Crippen MR) is 87.7 cm³/mol. The molecule has 2 N–H and O–H groups in total. The van der Waals surface area contributed by atoms with Gasteiger partial charge < -0.3 is 15.2 Å². The van der Waals surface area contributed by atoms with Gasteiger partial charge in [0.15, 0.2) is 0 Å². The van der Waals surface area contributed by atoms with Crippen LogP contribution in [0.5, 0.6) is 5.75 Å². The van der Waals surface area contributed by atoms with E-state index >= 15 is 0 Å². The van der Waals surface area contributed by atoms with Crippen LogP contribution in [0.3, 0.4) is 0 Å². The maximum atomic E-state index is 9.06. The summed E-state index contributed by atoms with van der Waals surface area (Å²) in [5.41, 5.74) is 1.20. The lowest BCUT2D eigenvalue weighted by Gasteiger charge is -2.17. The van der Waals surface area contributed by atoms with Crippen LogP contribution in [0.4, 0.5) is 0 Å². The number of benzene rings is 2. The number of fused-ring (bicyclic) bond motifs is 1. The van der Waals surface area contributed by atoms with Crippen LogP contribution in [0.2, 0.25) is 0 Å². The molecule has 0 fully saturated rings. The summed E-state index contributed by atoms with van der Waals surface area (Å²) in [6.45, 7) is 4.13. The van der Waals surface area contributed by atoms with E-state index in [9.17, 15) is 0 Å². The fraction of sp³-hybridized carbons (Fsp3) is 0.444. The minimum Gasteiger partial charge on any atom is -0.496 e. The third kappa shape index (κ3) is 3.96. The molecule has 1 atom stereocenters. The molecule has 0 amide bonds. The smallest absolute Gasteiger partial charge is 0.123 e. The van der Waals surface area contributed by atoms with Crippen LogP contribution < -0.4 is 10.1 Å². The van der Waals surface area contributed by atoms with E-state index in [1.807, 2.05) is 6.07 Å². The summed E-state index contributed by atoms with van der Waals surface area (Å²) in [4.78, 5) is 0. The molecule has 0 bridgehead atoms. The number of aliphatic hydroxyl groups excluding tert-OH is 1. The first-order chi connectivity index (χ1) is 10.3. The van der Waals surface area contributed by atoms with E-state index in [4.69, 9.17) is 9.84 Å². The highest BCUT2D eigenvalue weighted by atomic mass is 16.5. The summed E-state index contributed by atoms with van der Waals surface area (Å²) < 4.78 is 5.50. The minimum absolute atomic E-state index is 0.262. The zero-order chi connectivity index (χ0) is 15.1. The van der Waals surface area contributed by atoms with E-state index in [-0.39, 0.29) is 6.61 Å². The van der Waals surface area contributed by atoms with Crippen molar-refractivity contribution in [2.75, 3.05) is 20.3 Å². The van der Waals surface area contributed by atoms with Crippen molar-refractivity contribution < 1.29 is 9.84 Å². The van der Waals surface area contributed by atoms with Crippen molar-refractivity contribution in [3.8, 4) is 5.75 Å². The second-order valence-corrected chi connectivity index (χ2v) is 5.38. The highest BCUT2D eigenvalue weighted by Crippen LogP contribution is 2.27. The maximum absolute atomic E-state index is 9.06. The number of rotatable bonds is 8. The Morgan fingerprint density at radius 1 is 1.19 bits per heavy atom. The Hall–Kier alpha value is -1.58. The van der Waals surface area contributed by atoms with Crippen LogP contribution in [0, 0.1) is 5.92 Å². The summed E-state index contributed by atoms with van der Waals surface area (Å²) in [5, 5.41) is 15.0. The van der Waals surface area contributed by atoms with Crippen LogP contribution >= 0.6 is 0 Å². The van der Waals surface area contributed by atoms with Crippen molar-refractivity contribution in [2.45, 2.75) is 26.3 Å². The first-order valence-electron chi connectivity index (χ1n) is 7.66. The third-order valence-corrected chi connectivity index (χ3v) is 4.07. The van der Waals surface area contributed by atoms with Gasteiger partial charge in [-0.25, -0.2) is 0 Å². The van der Waals surface area contributed by atoms with E-state index in [2.05, 4.69) is 42.6 Å². The number of ether oxygens (including phenoxy) is 1. The maximum Gasteiger partial charge on any atom is 0.123 e. The molecule has 0 aliphatic carbocycles. The fourth-order valence-corrected chi connectivity index (χ4v) is 2.72. The molecule has 0 spiro atoms. The van der Waals surface area contributed by atoms with E-state index in [1.54, 1.807) is 7.11 Å². The number of hydrogen-bond acceptors (Lipinski definition) is 3. The Balaban J connectivity index is 2.13. The summed E-state index contributed by atoms with van der Waals surface area (Å²) in [6, 6.07) is 12.5. The fourth-order valence-electron chi connectivity index (χ4n) is 2.72. The Morgan fingerprint density at radius 3 is 2.71 bits per heavy atom. The number of aliphatic hydroxyl groups is 1. The van der Waals surface area contributed by atoms with Crippen molar-refractivity contribution >= 4 is 10.8 Å². The molecule has 0 aliphatic heterocycles. The van der Waals surface area contributed by atoms with Gasteiger partial charge in [-0.2, -0.15) is 0 Å². The van der Waals surface area contributed by atoms with E-state index < -0.39 is 0 Å². The molecule has 0 saturated heterocycles. The quantitative estimate of drug-likeness (QED) is 0.782. The zero-order valence-electron chi connectivity index (χ0n) is 12.9. The van der Waals surface area contributed by atoms with E-state index in [1.165, 1.54) is 16.3 Å². The van der Waals surface area contributed by atoms with Gasteiger partial charge in [0.25, 0.3) is 0 Å². The first-order valence-corrected chi connectivity index (χ1v) is 7.66. The number of methoxy groups -OCH3 is 1. The minimum atomic E-state index is 0.262. The molecule has 2 aromatic rings. The van der Waals surface area contributed by atoms with Gasteiger partial charge >= 0.3 is 0 Å². The molecule has 3 heteroatoms. The Morgan fingerprint density at radius 2 is 2.00 bits per heavy atom.